The summed E-state index contributed by atoms with van der Waals surface area (Å²) < 4.78 is 24.3. The van der Waals surface area contributed by atoms with E-state index >= 15 is 0 Å². The molecule has 3 rings (SSSR count). The van der Waals surface area contributed by atoms with Gasteiger partial charge in [-0.1, -0.05) is 6.07 Å². The summed E-state index contributed by atoms with van der Waals surface area (Å²) in [5.74, 6) is 0.352. The lowest BCUT2D eigenvalue weighted by atomic mass is 10.3. The average molecular weight is 332 g/mol. The van der Waals surface area contributed by atoms with Crippen LogP contribution in [-0.2, 0) is 11.3 Å². The number of benzene rings is 2. The Morgan fingerprint density at radius 2 is 2.04 bits per heavy atom. The normalized spacial score (nSPS) is 10.5. The predicted octanol–water partition coefficient (Wildman–Crippen LogP) is 4.19. The molecule has 0 spiro atoms. The molecule has 0 saturated carbocycles. The maximum atomic E-state index is 13.6. The fourth-order valence-electron chi connectivity index (χ4n) is 1.97. The van der Waals surface area contributed by atoms with Crippen molar-refractivity contribution in [2.75, 3.05) is 12.4 Å². The number of carbonyl (C=O) groups is 1. The second-order valence-electron chi connectivity index (χ2n) is 4.63. The Bertz CT molecular complexity index is 833. The van der Waals surface area contributed by atoms with E-state index in [4.69, 9.17) is 4.74 Å². The fraction of sp³-hybridized carbons (Fsp3) is 0.125. The number of hydrogen-bond donors (Lipinski definition) is 1. The van der Waals surface area contributed by atoms with E-state index < -0.39 is 6.09 Å². The van der Waals surface area contributed by atoms with Gasteiger partial charge in [0.05, 0.1) is 17.3 Å². The minimum Gasteiger partial charge on any atom is -0.486 e. The van der Waals surface area contributed by atoms with Gasteiger partial charge < -0.3 is 9.47 Å². The molecule has 1 aromatic heterocycles. The van der Waals surface area contributed by atoms with E-state index in [1.165, 1.54) is 24.5 Å². The van der Waals surface area contributed by atoms with Gasteiger partial charge in [0.15, 0.2) is 0 Å². The molecule has 0 bridgehead atoms. The van der Waals surface area contributed by atoms with Crippen LogP contribution in [0.25, 0.3) is 10.2 Å². The maximum absolute atomic E-state index is 13.6. The summed E-state index contributed by atoms with van der Waals surface area (Å²) in [7, 11) is 1.30. The Balaban J connectivity index is 1.65. The first-order valence-corrected chi connectivity index (χ1v) is 7.59. The highest BCUT2D eigenvalue weighted by Gasteiger charge is 2.08. The standard InChI is InChI=1S/C16H13FN2O3S/c1-21-16(20)18-10-5-7-11(8-6-10)22-9-14-19-13-4-2-3-12(17)15(13)23-14/h2-8H,9H2,1H3,(H,18,20). The van der Waals surface area contributed by atoms with Crippen molar-refractivity contribution in [3.63, 3.8) is 0 Å². The minimum atomic E-state index is -0.532. The number of hydrogen-bond acceptors (Lipinski definition) is 5. The number of thiazole rings is 1. The van der Waals surface area contributed by atoms with Crippen LogP contribution in [0.15, 0.2) is 42.5 Å². The lowest BCUT2D eigenvalue weighted by Gasteiger charge is -2.06. The van der Waals surface area contributed by atoms with Crippen LogP contribution in [0.1, 0.15) is 5.01 Å². The molecule has 1 heterocycles. The summed E-state index contributed by atoms with van der Waals surface area (Å²) in [6.45, 7) is 0.253. The van der Waals surface area contributed by atoms with Gasteiger partial charge in [-0.25, -0.2) is 14.2 Å². The number of amides is 1. The number of carbonyl (C=O) groups excluding carboxylic acids is 1. The van der Waals surface area contributed by atoms with Crippen molar-refractivity contribution < 1.29 is 18.7 Å². The topological polar surface area (TPSA) is 60.5 Å². The quantitative estimate of drug-likeness (QED) is 0.778. The summed E-state index contributed by atoms with van der Waals surface area (Å²) in [6, 6.07) is 11.7. The minimum absolute atomic E-state index is 0.253. The molecule has 1 N–H and O–H groups in total. The number of halogens is 1. The zero-order valence-electron chi connectivity index (χ0n) is 12.2. The highest BCUT2D eigenvalue weighted by Crippen LogP contribution is 2.26. The van der Waals surface area contributed by atoms with Crippen molar-refractivity contribution >= 4 is 33.3 Å². The molecule has 118 valence electrons. The van der Waals surface area contributed by atoms with Crippen LogP contribution >= 0.6 is 11.3 Å². The van der Waals surface area contributed by atoms with Crippen LogP contribution in [-0.4, -0.2) is 18.2 Å². The van der Waals surface area contributed by atoms with Crippen LogP contribution in [0.4, 0.5) is 14.9 Å². The number of anilines is 1. The summed E-state index contributed by atoms with van der Waals surface area (Å²) in [6.07, 6.45) is -0.532. The SMILES string of the molecule is COC(=O)Nc1ccc(OCc2nc3cccc(F)c3s2)cc1. The molecule has 0 radical (unpaired) electrons. The number of rotatable bonds is 4. The van der Waals surface area contributed by atoms with Gasteiger partial charge in [0.2, 0.25) is 0 Å². The summed E-state index contributed by atoms with van der Waals surface area (Å²) in [4.78, 5) is 15.4. The zero-order chi connectivity index (χ0) is 16.2. The predicted molar refractivity (Wildman–Crippen MR) is 86.4 cm³/mol. The van der Waals surface area contributed by atoms with E-state index in [2.05, 4.69) is 15.0 Å². The first-order chi connectivity index (χ1) is 11.2. The summed E-state index contributed by atoms with van der Waals surface area (Å²) >= 11 is 1.27. The molecule has 0 fully saturated rings. The number of aromatic nitrogens is 1. The zero-order valence-corrected chi connectivity index (χ0v) is 13.0. The van der Waals surface area contributed by atoms with Crippen LogP contribution in [0.2, 0.25) is 0 Å². The van der Waals surface area contributed by atoms with E-state index in [1.54, 1.807) is 36.4 Å². The summed E-state index contributed by atoms with van der Waals surface area (Å²) in [5.41, 5.74) is 1.23. The molecule has 1 amide bonds. The molecule has 23 heavy (non-hydrogen) atoms. The molecular weight excluding hydrogens is 319 g/mol. The highest BCUT2D eigenvalue weighted by atomic mass is 32.1. The fourth-order valence-corrected chi connectivity index (χ4v) is 2.85. The lowest BCUT2D eigenvalue weighted by molar-refractivity contribution is 0.187. The van der Waals surface area contributed by atoms with E-state index in [1.807, 2.05) is 0 Å². The monoisotopic (exact) mass is 332 g/mol. The Morgan fingerprint density at radius 1 is 1.26 bits per heavy atom. The Labute approximate surface area is 135 Å². The van der Waals surface area contributed by atoms with Crippen LogP contribution < -0.4 is 10.1 Å². The van der Waals surface area contributed by atoms with Gasteiger partial charge in [0, 0.05) is 5.69 Å². The number of methoxy groups -OCH3 is 1. The number of ether oxygens (including phenoxy) is 2. The van der Waals surface area contributed by atoms with Gasteiger partial charge in [0.1, 0.15) is 23.2 Å². The molecular formula is C16H13FN2O3S. The van der Waals surface area contributed by atoms with Gasteiger partial charge >= 0.3 is 6.09 Å². The van der Waals surface area contributed by atoms with E-state index in [9.17, 15) is 9.18 Å². The Morgan fingerprint density at radius 3 is 2.74 bits per heavy atom. The molecule has 0 aliphatic rings. The third-order valence-corrected chi connectivity index (χ3v) is 4.11. The molecule has 0 atom stereocenters. The average Bonchev–Trinajstić information content (AvgIpc) is 2.99. The molecule has 0 aliphatic heterocycles. The second kappa shape index (κ2) is 6.62. The van der Waals surface area contributed by atoms with Crippen LogP contribution in [0.3, 0.4) is 0 Å². The maximum Gasteiger partial charge on any atom is 0.411 e. The summed E-state index contributed by atoms with van der Waals surface area (Å²) in [5, 5.41) is 3.24. The van der Waals surface area contributed by atoms with Crippen LogP contribution in [0, 0.1) is 5.82 Å². The van der Waals surface area contributed by atoms with E-state index in [0.717, 1.165) is 0 Å². The molecule has 0 unspecified atom stereocenters. The van der Waals surface area contributed by atoms with Crippen molar-refractivity contribution in [1.29, 1.82) is 0 Å². The van der Waals surface area contributed by atoms with Gasteiger partial charge in [-0.3, -0.25) is 5.32 Å². The van der Waals surface area contributed by atoms with Gasteiger partial charge in [-0.2, -0.15) is 0 Å². The van der Waals surface area contributed by atoms with Gasteiger partial charge in [0.25, 0.3) is 0 Å². The van der Waals surface area contributed by atoms with Gasteiger partial charge in [-0.05, 0) is 36.4 Å². The number of fused-ring (bicyclic) bond motifs is 1. The van der Waals surface area contributed by atoms with Crippen molar-refractivity contribution in [3.8, 4) is 5.75 Å². The molecule has 7 heteroatoms. The first-order valence-electron chi connectivity index (χ1n) is 6.77. The van der Waals surface area contributed by atoms with Crippen LogP contribution in [0.5, 0.6) is 5.75 Å². The van der Waals surface area contributed by atoms with Crippen molar-refractivity contribution in [3.05, 3.63) is 53.3 Å². The third kappa shape index (κ3) is 3.57. The highest BCUT2D eigenvalue weighted by molar-refractivity contribution is 7.18. The molecule has 3 aromatic rings. The number of nitrogens with one attached hydrogen (secondary N) is 1. The second-order valence-corrected chi connectivity index (χ2v) is 5.71. The molecule has 0 saturated heterocycles. The largest absolute Gasteiger partial charge is 0.486 e. The van der Waals surface area contributed by atoms with E-state index in [0.29, 0.717) is 26.7 Å². The molecule has 2 aromatic carbocycles. The number of nitrogens with zero attached hydrogens (tertiary/aromatic N) is 1. The smallest absolute Gasteiger partial charge is 0.411 e. The lowest BCUT2D eigenvalue weighted by Crippen LogP contribution is -2.10. The Hall–Kier alpha value is -2.67. The molecule has 0 aliphatic carbocycles. The van der Waals surface area contributed by atoms with Crippen molar-refractivity contribution in [2.24, 2.45) is 0 Å². The third-order valence-electron chi connectivity index (χ3n) is 3.06. The van der Waals surface area contributed by atoms with E-state index in [-0.39, 0.29) is 12.4 Å². The van der Waals surface area contributed by atoms with Crippen molar-refractivity contribution in [1.82, 2.24) is 4.98 Å². The first kappa shape index (κ1) is 15.2. The molecule has 5 nitrogen and oxygen atoms in total. The van der Waals surface area contributed by atoms with Crippen molar-refractivity contribution in [2.45, 2.75) is 6.61 Å². The van der Waals surface area contributed by atoms with Gasteiger partial charge in [-0.15, -0.1) is 11.3 Å². The Kier molecular flexibility index (Phi) is 4.38.